The lowest BCUT2D eigenvalue weighted by atomic mass is 10.1. The number of hydrogen-bond donors (Lipinski definition) is 1. The highest BCUT2D eigenvalue weighted by atomic mass is 79.9. The molecule has 1 N–H and O–H groups in total. The van der Waals surface area contributed by atoms with Crippen molar-refractivity contribution in [2.45, 2.75) is 13.0 Å². The van der Waals surface area contributed by atoms with Gasteiger partial charge >= 0.3 is 0 Å². The van der Waals surface area contributed by atoms with E-state index >= 15 is 0 Å². The highest BCUT2D eigenvalue weighted by Crippen LogP contribution is 2.29. The second-order valence-electron chi connectivity index (χ2n) is 5.50. The molecular weight excluding hydrogens is 332 g/mol. The standard InChI is InChI=1S/C16H25BrN2O2/c1-20-8-6-18-10-14-9-15(17)3-4-16(14)19-7-5-13(11-19)12-21-2/h3-4,9,13,18H,5-8,10-12H2,1-2H3. The van der Waals surface area contributed by atoms with Crippen molar-refractivity contribution >= 4 is 21.6 Å². The first-order chi connectivity index (χ1) is 10.2. The number of rotatable bonds is 8. The molecule has 0 radical (unpaired) electrons. The Balaban J connectivity index is 2.01. The second kappa shape index (κ2) is 8.73. The van der Waals surface area contributed by atoms with Crippen molar-refractivity contribution in [2.24, 2.45) is 5.92 Å². The maximum absolute atomic E-state index is 5.29. The van der Waals surface area contributed by atoms with Crippen molar-refractivity contribution in [1.82, 2.24) is 5.32 Å². The molecule has 118 valence electrons. The summed E-state index contributed by atoms with van der Waals surface area (Å²) in [7, 11) is 3.51. The highest BCUT2D eigenvalue weighted by Gasteiger charge is 2.24. The first kappa shape index (κ1) is 16.7. The third-order valence-electron chi connectivity index (χ3n) is 3.87. The van der Waals surface area contributed by atoms with Gasteiger partial charge in [0.05, 0.1) is 13.2 Å². The predicted octanol–water partition coefficient (Wildman–Crippen LogP) is 2.66. The monoisotopic (exact) mass is 356 g/mol. The Kier molecular flexibility index (Phi) is 6.96. The Morgan fingerprint density at radius 1 is 1.33 bits per heavy atom. The molecular formula is C16H25BrN2O2. The zero-order chi connectivity index (χ0) is 15.1. The fraction of sp³-hybridized carbons (Fsp3) is 0.625. The van der Waals surface area contributed by atoms with Crippen LogP contribution < -0.4 is 10.2 Å². The number of ether oxygens (including phenoxy) is 2. The third kappa shape index (κ3) is 4.95. The maximum Gasteiger partial charge on any atom is 0.0587 e. The van der Waals surface area contributed by atoms with Gasteiger partial charge in [-0.25, -0.2) is 0 Å². The molecule has 1 saturated heterocycles. The lowest BCUT2D eigenvalue weighted by Gasteiger charge is -2.23. The molecule has 2 rings (SSSR count). The van der Waals surface area contributed by atoms with E-state index in [1.54, 1.807) is 14.2 Å². The summed E-state index contributed by atoms with van der Waals surface area (Å²) in [5, 5.41) is 3.43. The van der Waals surface area contributed by atoms with Crippen LogP contribution in [0, 0.1) is 5.92 Å². The molecule has 21 heavy (non-hydrogen) atoms. The quantitative estimate of drug-likeness (QED) is 0.726. The van der Waals surface area contributed by atoms with Gasteiger partial charge in [-0.1, -0.05) is 15.9 Å². The van der Waals surface area contributed by atoms with Crippen LogP contribution in [0.25, 0.3) is 0 Å². The van der Waals surface area contributed by atoms with Crippen LogP contribution in [0.3, 0.4) is 0 Å². The number of nitrogens with zero attached hydrogens (tertiary/aromatic N) is 1. The molecule has 0 spiro atoms. The molecule has 1 atom stereocenters. The van der Waals surface area contributed by atoms with E-state index in [0.29, 0.717) is 5.92 Å². The number of methoxy groups -OCH3 is 2. The third-order valence-corrected chi connectivity index (χ3v) is 4.36. The molecule has 0 saturated carbocycles. The van der Waals surface area contributed by atoms with Crippen LogP contribution in [-0.4, -0.2) is 47.1 Å². The predicted molar refractivity (Wildman–Crippen MR) is 89.9 cm³/mol. The van der Waals surface area contributed by atoms with Crippen molar-refractivity contribution in [3.63, 3.8) is 0 Å². The molecule has 4 nitrogen and oxygen atoms in total. The van der Waals surface area contributed by atoms with Crippen molar-refractivity contribution < 1.29 is 9.47 Å². The first-order valence-corrected chi connectivity index (χ1v) is 8.26. The summed E-state index contributed by atoms with van der Waals surface area (Å²) in [6.07, 6.45) is 1.21. The number of nitrogens with one attached hydrogen (secondary N) is 1. The summed E-state index contributed by atoms with van der Waals surface area (Å²) in [5.41, 5.74) is 2.67. The van der Waals surface area contributed by atoms with Gasteiger partial charge in [0.1, 0.15) is 0 Å². The molecule has 1 heterocycles. The van der Waals surface area contributed by atoms with Crippen molar-refractivity contribution in [2.75, 3.05) is 52.0 Å². The minimum absolute atomic E-state index is 0.646. The molecule has 1 aromatic carbocycles. The van der Waals surface area contributed by atoms with E-state index in [2.05, 4.69) is 44.3 Å². The van der Waals surface area contributed by atoms with E-state index in [0.717, 1.165) is 43.9 Å². The van der Waals surface area contributed by atoms with Crippen LogP contribution in [0.1, 0.15) is 12.0 Å². The Morgan fingerprint density at radius 3 is 2.95 bits per heavy atom. The molecule has 1 aliphatic rings. The van der Waals surface area contributed by atoms with Crippen molar-refractivity contribution in [3.8, 4) is 0 Å². The Labute approximate surface area is 135 Å². The molecule has 1 fully saturated rings. The van der Waals surface area contributed by atoms with Gasteiger partial charge in [0.2, 0.25) is 0 Å². The smallest absolute Gasteiger partial charge is 0.0587 e. The van der Waals surface area contributed by atoms with Crippen LogP contribution in [-0.2, 0) is 16.0 Å². The minimum atomic E-state index is 0.646. The van der Waals surface area contributed by atoms with E-state index in [-0.39, 0.29) is 0 Å². The van der Waals surface area contributed by atoms with Crippen LogP contribution in [0.2, 0.25) is 0 Å². The second-order valence-corrected chi connectivity index (χ2v) is 6.41. The molecule has 1 aliphatic heterocycles. The van der Waals surface area contributed by atoms with Crippen LogP contribution in [0.5, 0.6) is 0 Å². The Hall–Kier alpha value is -0.620. The molecule has 5 heteroatoms. The van der Waals surface area contributed by atoms with Crippen LogP contribution in [0.15, 0.2) is 22.7 Å². The SMILES string of the molecule is COCCNCc1cc(Br)ccc1N1CCC(COC)C1. The molecule has 0 aliphatic carbocycles. The van der Waals surface area contributed by atoms with Gasteiger partial charge in [0.15, 0.2) is 0 Å². The molecule has 0 aromatic heterocycles. The highest BCUT2D eigenvalue weighted by molar-refractivity contribution is 9.10. The zero-order valence-electron chi connectivity index (χ0n) is 12.9. The average Bonchev–Trinajstić information content (AvgIpc) is 2.93. The van der Waals surface area contributed by atoms with E-state index in [1.807, 2.05) is 0 Å². The number of anilines is 1. The number of halogens is 1. The maximum atomic E-state index is 5.29. The fourth-order valence-corrected chi connectivity index (χ4v) is 3.23. The normalized spacial score (nSPS) is 18.4. The van der Waals surface area contributed by atoms with Crippen molar-refractivity contribution in [3.05, 3.63) is 28.2 Å². The van der Waals surface area contributed by atoms with Crippen molar-refractivity contribution in [1.29, 1.82) is 0 Å². The van der Waals surface area contributed by atoms with Crippen LogP contribution >= 0.6 is 15.9 Å². The summed E-state index contributed by atoms with van der Waals surface area (Å²) < 4.78 is 11.5. The summed E-state index contributed by atoms with van der Waals surface area (Å²) in [4.78, 5) is 2.48. The average molecular weight is 357 g/mol. The van der Waals surface area contributed by atoms with Crippen LogP contribution in [0.4, 0.5) is 5.69 Å². The zero-order valence-corrected chi connectivity index (χ0v) is 14.5. The van der Waals surface area contributed by atoms with E-state index in [1.165, 1.54) is 17.7 Å². The Bertz CT molecular complexity index is 442. The van der Waals surface area contributed by atoms with Gasteiger partial charge in [0.25, 0.3) is 0 Å². The molecule has 1 aromatic rings. The van der Waals surface area contributed by atoms with Gasteiger partial charge in [-0.3, -0.25) is 0 Å². The van der Waals surface area contributed by atoms with E-state index in [4.69, 9.17) is 9.47 Å². The summed E-state index contributed by atoms with van der Waals surface area (Å²) in [6, 6.07) is 6.54. The summed E-state index contributed by atoms with van der Waals surface area (Å²) in [6.45, 7) is 5.52. The Morgan fingerprint density at radius 2 is 2.19 bits per heavy atom. The summed E-state index contributed by atoms with van der Waals surface area (Å²) in [5.74, 6) is 0.646. The number of benzene rings is 1. The first-order valence-electron chi connectivity index (χ1n) is 7.46. The van der Waals surface area contributed by atoms with Gasteiger partial charge in [-0.15, -0.1) is 0 Å². The van der Waals surface area contributed by atoms with Gasteiger partial charge < -0.3 is 19.7 Å². The van der Waals surface area contributed by atoms with E-state index < -0.39 is 0 Å². The largest absolute Gasteiger partial charge is 0.384 e. The molecule has 1 unspecified atom stereocenters. The minimum Gasteiger partial charge on any atom is -0.384 e. The van der Waals surface area contributed by atoms with Gasteiger partial charge in [0, 0.05) is 56.5 Å². The topological polar surface area (TPSA) is 33.7 Å². The number of hydrogen-bond acceptors (Lipinski definition) is 4. The van der Waals surface area contributed by atoms with E-state index in [9.17, 15) is 0 Å². The lowest BCUT2D eigenvalue weighted by molar-refractivity contribution is 0.161. The summed E-state index contributed by atoms with van der Waals surface area (Å²) >= 11 is 3.57. The van der Waals surface area contributed by atoms with Gasteiger partial charge in [-0.2, -0.15) is 0 Å². The molecule has 0 bridgehead atoms. The lowest BCUT2D eigenvalue weighted by Crippen LogP contribution is -2.24. The molecule has 0 amide bonds. The fourth-order valence-electron chi connectivity index (χ4n) is 2.82. The van der Waals surface area contributed by atoms with Gasteiger partial charge in [-0.05, 0) is 30.2 Å².